The van der Waals surface area contributed by atoms with E-state index in [1.165, 1.54) is 89.0 Å². The summed E-state index contributed by atoms with van der Waals surface area (Å²) in [6, 6.07) is 46.3. The number of hydrogen-bond donors (Lipinski definition) is 0. The maximum absolute atomic E-state index is 17.8. The van der Waals surface area contributed by atoms with Gasteiger partial charge in [-0.15, -0.1) is 0 Å². The fraction of sp³-hybridized carbons (Fsp3) is 0.160. The Balaban J connectivity index is 1.49. The summed E-state index contributed by atoms with van der Waals surface area (Å²) in [6.45, 7) is 13.2. The number of hydrogen-bond acceptors (Lipinski definition) is 1. The van der Waals surface area contributed by atoms with Gasteiger partial charge >= 0.3 is 0 Å². The predicted molar refractivity (Wildman–Crippen MR) is 222 cm³/mol. The van der Waals surface area contributed by atoms with E-state index in [1.807, 2.05) is 0 Å². The Morgan fingerprint density at radius 1 is 0.404 bits per heavy atom. The van der Waals surface area contributed by atoms with Crippen LogP contribution < -0.4 is 15.9 Å². The van der Waals surface area contributed by atoms with Crippen molar-refractivity contribution in [3.8, 4) is 44.5 Å². The number of benzene rings is 7. The van der Waals surface area contributed by atoms with Gasteiger partial charge in [0, 0.05) is 15.9 Å². The molecular weight excluding hydrogens is 648 g/mol. The van der Waals surface area contributed by atoms with Gasteiger partial charge in [-0.3, -0.25) is 0 Å². The second-order valence-corrected chi connectivity index (χ2v) is 17.8. The quantitative estimate of drug-likeness (QED) is 0.164. The van der Waals surface area contributed by atoms with E-state index in [1.54, 1.807) is 0 Å². The molecule has 0 radical (unpaired) electrons. The van der Waals surface area contributed by atoms with E-state index < -0.39 is 7.14 Å². The highest BCUT2D eigenvalue weighted by atomic mass is 31.2. The van der Waals surface area contributed by atoms with Crippen LogP contribution in [0.5, 0.6) is 0 Å². The van der Waals surface area contributed by atoms with Crippen molar-refractivity contribution in [1.82, 2.24) is 0 Å². The molecule has 0 fully saturated rings. The molecule has 0 amide bonds. The van der Waals surface area contributed by atoms with Crippen LogP contribution in [0.2, 0.25) is 0 Å². The van der Waals surface area contributed by atoms with E-state index in [2.05, 4.69) is 169 Å². The summed E-state index contributed by atoms with van der Waals surface area (Å²) < 4.78 is 17.8. The molecular formula is C50H43OP. The van der Waals surface area contributed by atoms with Crippen LogP contribution in [-0.4, -0.2) is 0 Å². The van der Waals surface area contributed by atoms with Gasteiger partial charge < -0.3 is 4.57 Å². The van der Waals surface area contributed by atoms with Crippen molar-refractivity contribution in [3.05, 3.63) is 183 Å². The lowest BCUT2D eigenvalue weighted by molar-refractivity contribution is 0.592. The molecule has 0 N–H and O–H groups in total. The van der Waals surface area contributed by atoms with E-state index in [-0.39, 0.29) is 0 Å². The first-order valence-electron chi connectivity index (χ1n) is 18.5. The Morgan fingerprint density at radius 2 is 0.769 bits per heavy atom. The molecule has 7 aromatic rings. The smallest absolute Gasteiger partial charge is 0.172 e. The molecule has 0 heterocycles. The third-order valence-corrected chi connectivity index (χ3v) is 14.9. The SMILES string of the molecule is Cc1cc(C)c(-c2ccc3c(c2P(=O)(c2ccccc2)c2c(-c4c(C)cc(C)cc4C)ccc4c2Cc2ccccc2-4)Cc2ccccc2-3)c(C)c1. The highest BCUT2D eigenvalue weighted by Gasteiger charge is 2.42. The van der Waals surface area contributed by atoms with Crippen molar-refractivity contribution < 1.29 is 4.57 Å². The summed E-state index contributed by atoms with van der Waals surface area (Å²) in [5.74, 6) is 0. The highest BCUT2D eigenvalue weighted by Crippen LogP contribution is 2.55. The lowest BCUT2D eigenvalue weighted by Gasteiger charge is -2.31. The molecule has 0 spiro atoms. The largest absolute Gasteiger partial charge is 0.309 e. The number of aryl methyl sites for hydroxylation is 6. The summed E-state index contributed by atoms with van der Waals surface area (Å²) in [5.41, 5.74) is 21.8. The van der Waals surface area contributed by atoms with Gasteiger partial charge in [0.05, 0.1) is 0 Å². The molecule has 1 nitrogen and oxygen atoms in total. The molecule has 9 rings (SSSR count). The zero-order valence-corrected chi connectivity index (χ0v) is 31.8. The molecule has 0 saturated carbocycles. The molecule has 2 heteroatoms. The van der Waals surface area contributed by atoms with Crippen molar-refractivity contribution >= 4 is 23.1 Å². The Hall–Kier alpha value is -5.23. The second-order valence-electron chi connectivity index (χ2n) is 15.1. The van der Waals surface area contributed by atoms with Gasteiger partial charge in [-0.2, -0.15) is 0 Å². The molecule has 0 saturated heterocycles. The van der Waals surface area contributed by atoms with Gasteiger partial charge in [0.1, 0.15) is 0 Å². The van der Waals surface area contributed by atoms with Gasteiger partial charge in [-0.05, 0) is 143 Å². The maximum atomic E-state index is 17.8. The minimum atomic E-state index is -3.62. The molecule has 7 aromatic carbocycles. The van der Waals surface area contributed by atoms with Crippen LogP contribution in [0.15, 0.2) is 127 Å². The summed E-state index contributed by atoms with van der Waals surface area (Å²) in [7, 11) is -3.62. The van der Waals surface area contributed by atoms with Crippen molar-refractivity contribution in [3.63, 3.8) is 0 Å². The lowest BCUT2D eigenvalue weighted by Crippen LogP contribution is -2.32. The maximum Gasteiger partial charge on any atom is 0.172 e. The van der Waals surface area contributed by atoms with Crippen molar-refractivity contribution in [2.75, 3.05) is 0 Å². The van der Waals surface area contributed by atoms with Crippen molar-refractivity contribution in [2.45, 2.75) is 54.4 Å². The minimum absolute atomic E-state index is 0.753. The minimum Gasteiger partial charge on any atom is -0.309 e. The van der Waals surface area contributed by atoms with Crippen LogP contribution in [0.3, 0.4) is 0 Å². The normalized spacial score (nSPS) is 12.7. The highest BCUT2D eigenvalue weighted by molar-refractivity contribution is 7.86. The van der Waals surface area contributed by atoms with Gasteiger partial charge in [-0.25, -0.2) is 0 Å². The summed E-state index contributed by atoms with van der Waals surface area (Å²) in [4.78, 5) is 0. The number of rotatable bonds is 5. The Morgan fingerprint density at radius 3 is 1.19 bits per heavy atom. The van der Waals surface area contributed by atoms with E-state index in [0.717, 1.165) is 39.9 Å². The molecule has 0 unspecified atom stereocenters. The number of fused-ring (bicyclic) bond motifs is 6. The first kappa shape index (κ1) is 32.7. The van der Waals surface area contributed by atoms with Gasteiger partial charge in [0.15, 0.2) is 7.14 Å². The molecule has 0 aromatic heterocycles. The van der Waals surface area contributed by atoms with Crippen LogP contribution >= 0.6 is 7.14 Å². The first-order valence-corrected chi connectivity index (χ1v) is 20.2. The zero-order chi connectivity index (χ0) is 35.9. The average Bonchev–Trinajstić information content (AvgIpc) is 3.69. The first-order chi connectivity index (χ1) is 25.1. The summed E-state index contributed by atoms with van der Waals surface area (Å²) >= 11 is 0. The molecule has 0 atom stereocenters. The summed E-state index contributed by atoms with van der Waals surface area (Å²) in [5, 5.41) is 2.88. The molecule has 52 heavy (non-hydrogen) atoms. The predicted octanol–water partition coefficient (Wildman–Crippen LogP) is 11.7. The van der Waals surface area contributed by atoms with Gasteiger partial charge in [0.2, 0.25) is 0 Å². The standard InChI is InChI=1S/C50H43OP/c1-30-24-32(3)47(33(4)25-30)43-22-20-41-39-18-12-10-14-36(39)28-45(41)49(43)52(51,38-16-8-7-9-17-38)50-44(48-34(5)26-31(2)27-35(48)6)23-21-42-40-19-13-11-15-37(40)29-46(42)50/h7-27H,28-29H2,1-6H3. The summed E-state index contributed by atoms with van der Waals surface area (Å²) in [6.07, 6.45) is 1.51. The van der Waals surface area contributed by atoms with E-state index >= 15 is 4.57 Å². The Bertz CT molecular complexity index is 2450. The fourth-order valence-corrected chi connectivity index (χ4v) is 13.3. The van der Waals surface area contributed by atoms with E-state index in [9.17, 15) is 0 Å². The van der Waals surface area contributed by atoms with Crippen LogP contribution in [0.25, 0.3) is 44.5 Å². The topological polar surface area (TPSA) is 17.1 Å². The van der Waals surface area contributed by atoms with E-state index in [4.69, 9.17) is 0 Å². The Labute approximate surface area is 308 Å². The van der Waals surface area contributed by atoms with Gasteiger partial charge in [-0.1, -0.05) is 139 Å². The zero-order valence-electron chi connectivity index (χ0n) is 30.9. The van der Waals surface area contributed by atoms with E-state index in [0.29, 0.717) is 0 Å². The lowest BCUT2D eigenvalue weighted by atomic mass is 9.91. The van der Waals surface area contributed by atoms with Crippen molar-refractivity contribution in [1.29, 1.82) is 0 Å². The molecule has 0 bridgehead atoms. The molecule has 0 aliphatic heterocycles. The van der Waals surface area contributed by atoms with Crippen molar-refractivity contribution in [2.24, 2.45) is 0 Å². The van der Waals surface area contributed by atoms with Crippen LogP contribution in [0, 0.1) is 41.5 Å². The third kappa shape index (κ3) is 4.87. The second kappa shape index (κ2) is 12.2. The average molecular weight is 691 g/mol. The van der Waals surface area contributed by atoms with Crippen LogP contribution in [0.1, 0.15) is 55.6 Å². The van der Waals surface area contributed by atoms with Gasteiger partial charge in [0.25, 0.3) is 0 Å². The fourth-order valence-electron chi connectivity index (χ4n) is 9.73. The van der Waals surface area contributed by atoms with Crippen LogP contribution in [0.4, 0.5) is 0 Å². The molecule has 2 aliphatic carbocycles. The van der Waals surface area contributed by atoms with Crippen LogP contribution in [-0.2, 0) is 17.4 Å². The molecule has 254 valence electrons. The third-order valence-electron chi connectivity index (χ3n) is 11.6. The monoisotopic (exact) mass is 690 g/mol. The molecule has 2 aliphatic rings. The Kier molecular flexibility index (Phi) is 7.65.